The van der Waals surface area contributed by atoms with E-state index in [9.17, 15) is 14.0 Å². The Morgan fingerprint density at radius 3 is 2.46 bits per heavy atom. The van der Waals surface area contributed by atoms with Gasteiger partial charge in [-0.15, -0.1) is 0 Å². The van der Waals surface area contributed by atoms with E-state index in [0.29, 0.717) is 11.4 Å². The van der Waals surface area contributed by atoms with Crippen LogP contribution in [0.4, 0.5) is 9.18 Å². The Morgan fingerprint density at radius 1 is 1.07 bits per heavy atom. The smallest absolute Gasteiger partial charge is 0.293 e. The van der Waals surface area contributed by atoms with Crippen LogP contribution in [0.5, 0.6) is 0 Å². The highest BCUT2D eigenvalue weighted by molar-refractivity contribution is 8.18. The predicted molar refractivity (Wildman–Crippen MR) is 110 cm³/mol. The van der Waals surface area contributed by atoms with E-state index in [-0.39, 0.29) is 23.0 Å². The minimum atomic E-state index is -0.261. The van der Waals surface area contributed by atoms with Crippen LogP contribution in [0.15, 0.2) is 59.6 Å². The topological polar surface area (TPSA) is 42.3 Å². The average molecular weight is 394 g/mol. The van der Waals surface area contributed by atoms with Crippen LogP contribution in [0, 0.1) is 5.82 Å². The lowest BCUT2D eigenvalue weighted by Crippen LogP contribution is -2.34. The molecule has 2 aromatic carbocycles. The van der Waals surface area contributed by atoms with E-state index in [2.05, 4.69) is 4.57 Å². The number of imide groups is 1. The molecule has 2 amide bonds. The van der Waals surface area contributed by atoms with Crippen molar-refractivity contribution < 1.29 is 14.0 Å². The van der Waals surface area contributed by atoms with E-state index in [1.54, 1.807) is 18.2 Å². The van der Waals surface area contributed by atoms with Crippen LogP contribution in [0.25, 0.3) is 17.0 Å². The van der Waals surface area contributed by atoms with Gasteiger partial charge >= 0.3 is 0 Å². The van der Waals surface area contributed by atoms with E-state index < -0.39 is 0 Å². The maximum Gasteiger partial charge on any atom is 0.293 e. The van der Waals surface area contributed by atoms with Gasteiger partial charge in [0, 0.05) is 35.2 Å². The number of thioether (sulfide) groups is 1. The van der Waals surface area contributed by atoms with E-state index >= 15 is 0 Å². The molecule has 142 valence electrons. The predicted octanol–water partition coefficient (Wildman–Crippen LogP) is 5.27. The maximum atomic E-state index is 13.2. The average Bonchev–Trinajstić information content (AvgIpc) is 3.14. The number of carbonyl (C=O) groups is 2. The summed E-state index contributed by atoms with van der Waals surface area (Å²) in [5.41, 5.74) is 2.88. The normalized spacial score (nSPS) is 16.1. The monoisotopic (exact) mass is 394 g/mol. The Bertz CT molecular complexity index is 1100. The van der Waals surface area contributed by atoms with E-state index in [4.69, 9.17) is 0 Å². The quantitative estimate of drug-likeness (QED) is 0.566. The highest BCUT2D eigenvalue weighted by atomic mass is 32.2. The van der Waals surface area contributed by atoms with Crippen LogP contribution >= 0.6 is 11.8 Å². The van der Waals surface area contributed by atoms with Gasteiger partial charge in [0.25, 0.3) is 11.1 Å². The van der Waals surface area contributed by atoms with Gasteiger partial charge in [0.05, 0.1) is 4.91 Å². The molecule has 0 spiro atoms. The molecule has 4 rings (SSSR count). The molecule has 3 aromatic rings. The van der Waals surface area contributed by atoms with Gasteiger partial charge in [-0.3, -0.25) is 14.5 Å². The summed E-state index contributed by atoms with van der Waals surface area (Å²) < 4.78 is 15.3. The fraction of sp³-hybridized carbons (Fsp3) is 0.182. The molecule has 1 aromatic heterocycles. The molecule has 4 nitrogen and oxygen atoms in total. The zero-order valence-electron chi connectivity index (χ0n) is 15.6. The standard InChI is InChI=1S/C22H19FN2O2S/c1-14(2)25-21(26)20(28-22(25)27)11-16-13-24(19-6-4-3-5-18(16)19)12-15-7-9-17(23)10-8-15/h3-11,13-14H,12H2,1-2H3/b20-11-. The minimum Gasteiger partial charge on any atom is -0.342 e. The molecule has 1 aliphatic heterocycles. The summed E-state index contributed by atoms with van der Waals surface area (Å²) in [6, 6.07) is 14.2. The summed E-state index contributed by atoms with van der Waals surface area (Å²) in [5.74, 6) is -0.511. The summed E-state index contributed by atoms with van der Waals surface area (Å²) in [7, 11) is 0. The molecule has 0 atom stereocenters. The highest BCUT2D eigenvalue weighted by Gasteiger charge is 2.36. The zero-order chi connectivity index (χ0) is 19.8. The number of rotatable bonds is 4. The molecule has 0 saturated carbocycles. The van der Waals surface area contributed by atoms with Crippen LogP contribution in [0.2, 0.25) is 0 Å². The van der Waals surface area contributed by atoms with Crippen molar-refractivity contribution in [1.29, 1.82) is 0 Å². The van der Waals surface area contributed by atoms with Crippen molar-refractivity contribution in [3.8, 4) is 0 Å². The number of hydrogen-bond acceptors (Lipinski definition) is 3. The summed E-state index contributed by atoms with van der Waals surface area (Å²) in [4.78, 5) is 26.5. The van der Waals surface area contributed by atoms with Gasteiger partial charge in [-0.25, -0.2) is 4.39 Å². The Morgan fingerprint density at radius 2 is 1.79 bits per heavy atom. The number of amides is 2. The second-order valence-corrected chi connectivity index (χ2v) is 7.99. The van der Waals surface area contributed by atoms with Crippen LogP contribution < -0.4 is 0 Å². The van der Waals surface area contributed by atoms with E-state index in [0.717, 1.165) is 33.8 Å². The Balaban J connectivity index is 1.73. The molecule has 0 bridgehead atoms. The third kappa shape index (κ3) is 3.36. The van der Waals surface area contributed by atoms with Crippen LogP contribution in [-0.4, -0.2) is 26.7 Å². The molecule has 2 heterocycles. The number of nitrogens with zero attached hydrogens (tertiary/aromatic N) is 2. The number of fused-ring (bicyclic) bond motifs is 1. The van der Waals surface area contributed by atoms with Crippen molar-refractivity contribution in [2.75, 3.05) is 0 Å². The number of aromatic nitrogens is 1. The first-order chi connectivity index (χ1) is 13.4. The number of benzene rings is 2. The molecule has 1 saturated heterocycles. The van der Waals surface area contributed by atoms with Gasteiger partial charge in [-0.2, -0.15) is 0 Å². The molecule has 6 heteroatoms. The first-order valence-electron chi connectivity index (χ1n) is 9.03. The van der Waals surface area contributed by atoms with Gasteiger partial charge in [-0.05, 0) is 55.4 Å². The zero-order valence-corrected chi connectivity index (χ0v) is 16.4. The molecular weight excluding hydrogens is 375 g/mol. The second kappa shape index (κ2) is 7.28. The summed E-state index contributed by atoms with van der Waals surface area (Å²) in [6.45, 7) is 4.24. The first-order valence-corrected chi connectivity index (χ1v) is 9.85. The van der Waals surface area contributed by atoms with Gasteiger partial charge in [0.2, 0.25) is 0 Å². The van der Waals surface area contributed by atoms with Crippen molar-refractivity contribution in [3.63, 3.8) is 0 Å². The minimum absolute atomic E-state index is 0.168. The van der Waals surface area contributed by atoms with Crippen LogP contribution in [-0.2, 0) is 11.3 Å². The van der Waals surface area contributed by atoms with Crippen molar-refractivity contribution in [2.45, 2.75) is 26.4 Å². The highest BCUT2D eigenvalue weighted by Crippen LogP contribution is 2.35. The molecule has 0 radical (unpaired) electrons. The molecule has 0 N–H and O–H groups in total. The van der Waals surface area contributed by atoms with Crippen molar-refractivity contribution in [3.05, 3.63) is 76.6 Å². The fourth-order valence-corrected chi connectivity index (χ4v) is 4.33. The van der Waals surface area contributed by atoms with Crippen molar-refractivity contribution in [1.82, 2.24) is 9.47 Å². The summed E-state index contributed by atoms with van der Waals surface area (Å²) in [5, 5.41) is 0.766. The lowest BCUT2D eigenvalue weighted by molar-refractivity contribution is -0.123. The number of carbonyl (C=O) groups excluding carboxylic acids is 2. The molecule has 0 unspecified atom stereocenters. The Kier molecular flexibility index (Phi) is 4.81. The van der Waals surface area contributed by atoms with Crippen molar-refractivity contribution in [2.24, 2.45) is 0 Å². The summed E-state index contributed by atoms with van der Waals surface area (Å²) >= 11 is 0.976. The Hall–Kier alpha value is -2.86. The molecule has 1 fully saturated rings. The molecule has 28 heavy (non-hydrogen) atoms. The lowest BCUT2D eigenvalue weighted by atomic mass is 10.1. The largest absolute Gasteiger partial charge is 0.342 e. The van der Waals surface area contributed by atoms with Crippen molar-refractivity contribution >= 4 is 39.9 Å². The van der Waals surface area contributed by atoms with Crippen LogP contribution in [0.1, 0.15) is 25.0 Å². The lowest BCUT2D eigenvalue weighted by Gasteiger charge is -2.16. The number of para-hydroxylation sites is 1. The van der Waals surface area contributed by atoms with Gasteiger partial charge in [0.15, 0.2) is 0 Å². The third-order valence-electron chi connectivity index (χ3n) is 4.71. The number of halogens is 1. The van der Waals surface area contributed by atoms with Gasteiger partial charge in [0.1, 0.15) is 5.82 Å². The Labute approximate surface area is 166 Å². The summed E-state index contributed by atoms with van der Waals surface area (Å²) in [6.07, 6.45) is 3.76. The molecule has 0 aliphatic carbocycles. The van der Waals surface area contributed by atoms with Gasteiger partial charge in [-0.1, -0.05) is 30.3 Å². The first kappa shape index (κ1) is 18.5. The molecule has 1 aliphatic rings. The maximum absolute atomic E-state index is 13.2. The molecular formula is C22H19FN2O2S. The van der Waals surface area contributed by atoms with E-state index in [1.807, 2.05) is 44.3 Å². The fourth-order valence-electron chi connectivity index (χ4n) is 3.37. The van der Waals surface area contributed by atoms with Crippen LogP contribution in [0.3, 0.4) is 0 Å². The second-order valence-electron chi connectivity index (χ2n) is 7.00. The number of hydrogen-bond donors (Lipinski definition) is 0. The third-order valence-corrected chi connectivity index (χ3v) is 5.60. The van der Waals surface area contributed by atoms with Gasteiger partial charge < -0.3 is 4.57 Å². The van der Waals surface area contributed by atoms with E-state index in [1.165, 1.54) is 17.0 Å². The SMILES string of the molecule is CC(C)N1C(=O)S/C(=C\c2cn(Cc3ccc(F)cc3)c3ccccc23)C1=O.